The summed E-state index contributed by atoms with van der Waals surface area (Å²) in [5.41, 5.74) is 14.6. The minimum atomic E-state index is 0.847. The molecule has 0 saturated heterocycles. The van der Waals surface area contributed by atoms with E-state index >= 15 is 0 Å². The summed E-state index contributed by atoms with van der Waals surface area (Å²) in [5.74, 6) is 0. The standard InChI is InChI=1S/C58H36N2O2/c1-2-16-43-38(13-1)29-33-50-57-49(21-12-26-55(57)62-58(43)50)46-19-5-7-22-51(46)59(42-32-34-48-47-20-6-10-25-54(47)61-56(48)36-42)40-30-27-37(28-31-40)39-14-11-15-41(35-39)60-52-23-8-3-17-44(52)45-18-4-9-24-53(45)60/h1-36H. The van der Waals surface area contributed by atoms with Gasteiger partial charge in [0.1, 0.15) is 22.3 Å². The fraction of sp³-hybridized carbons (Fsp3) is 0. The van der Waals surface area contributed by atoms with Crippen molar-refractivity contribution >= 4 is 93.5 Å². The Morgan fingerprint density at radius 3 is 1.82 bits per heavy atom. The Morgan fingerprint density at radius 1 is 0.355 bits per heavy atom. The summed E-state index contributed by atoms with van der Waals surface area (Å²) in [4.78, 5) is 2.36. The van der Waals surface area contributed by atoms with Crippen molar-refractivity contribution in [2.24, 2.45) is 0 Å². The molecule has 10 aromatic carbocycles. The molecule has 62 heavy (non-hydrogen) atoms. The molecule has 4 heteroatoms. The number of aromatic nitrogens is 1. The van der Waals surface area contributed by atoms with E-state index in [1.54, 1.807) is 0 Å². The third-order valence-corrected chi connectivity index (χ3v) is 12.6. The first-order chi connectivity index (χ1) is 30.7. The number of rotatable bonds is 6. The van der Waals surface area contributed by atoms with Crippen LogP contribution in [0, 0.1) is 0 Å². The Morgan fingerprint density at radius 2 is 0.984 bits per heavy atom. The van der Waals surface area contributed by atoms with E-state index in [0.29, 0.717) is 0 Å². The molecule has 0 spiro atoms. The minimum absolute atomic E-state index is 0.847. The minimum Gasteiger partial charge on any atom is -0.456 e. The molecule has 290 valence electrons. The van der Waals surface area contributed by atoms with Crippen LogP contribution in [0.25, 0.3) is 104 Å². The van der Waals surface area contributed by atoms with Gasteiger partial charge < -0.3 is 18.3 Å². The lowest BCUT2D eigenvalue weighted by Crippen LogP contribution is -2.11. The van der Waals surface area contributed by atoms with Crippen LogP contribution in [0.2, 0.25) is 0 Å². The van der Waals surface area contributed by atoms with E-state index < -0.39 is 0 Å². The van der Waals surface area contributed by atoms with Crippen LogP contribution in [-0.4, -0.2) is 4.57 Å². The summed E-state index contributed by atoms with van der Waals surface area (Å²) >= 11 is 0. The number of para-hydroxylation sites is 4. The average molecular weight is 793 g/mol. The monoisotopic (exact) mass is 792 g/mol. The maximum absolute atomic E-state index is 6.68. The molecule has 0 saturated carbocycles. The fourth-order valence-corrected chi connectivity index (χ4v) is 9.78. The Balaban J connectivity index is 0.976. The van der Waals surface area contributed by atoms with Crippen LogP contribution in [0.1, 0.15) is 0 Å². The van der Waals surface area contributed by atoms with Crippen molar-refractivity contribution in [1.29, 1.82) is 0 Å². The van der Waals surface area contributed by atoms with Gasteiger partial charge in [0, 0.05) is 66.4 Å². The number of benzene rings is 10. The second-order valence-electron chi connectivity index (χ2n) is 16.0. The lowest BCUT2D eigenvalue weighted by atomic mass is 9.96. The van der Waals surface area contributed by atoms with Gasteiger partial charge in [0.25, 0.3) is 0 Å². The molecule has 0 fully saturated rings. The maximum Gasteiger partial charge on any atom is 0.143 e. The highest BCUT2D eigenvalue weighted by molar-refractivity contribution is 6.20. The molecule has 0 N–H and O–H groups in total. The van der Waals surface area contributed by atoms with Gasteiger partial charge in [-0.25, -0.2) is 0 Å². The van der Waals surface area contributed by atoms with Crippen molar-refractivity contribution in [3.8, 4) is 27.9 Å². The highest BCUT2D eigenvalue weighted by atomic mass is 16.3. The molecule has 0 aliphatic heterocycles. The van der Waals surface area contributed by atoms with Gasteiger partial charge >= 0.3 is 0 Å². The lowest BCUT2D eigenvalue weighted by Gasteiger charge is -2.28. The average Bonchev–Trinajstić information content (AvgIpc) is 4.02. The smallest absolute Gasteiger partial charge is 0.143 e. The zero-order valence-electron chi connectivity index (χ0n) is 33.5. The normalized spacial score (nSPS) is 11.9. The third-order valence-electron chi connectivity index (χ3n) is 12.6. The predicted molar refractivity (Wildman–Crippen MR) is 258 cm³/mol. The van der Waals surface area contributed by atoms with Crippen LogP contribution in [0.3, 0.4) is 0 Å². The first-order valence-corrected chi connectivity index (χ1v) is 21.1. The summed E-state index contributed by atoms with van der Waals surface area (Å²) < 4.78 is 15.5. The SMILES string of the molecule is c1cc(-c2ccc(N(c3ccc4c(c3)oc3ccccc34)c3ccccc3-c3cccc4oc5c6ccccc6ccc5c34)cc2)cc(-n2c3ccccc3c3ccccc32)c1. The molecule has 13 rings (SSSR count). The Labute approximate surface area is 356 Å². The fourth-order valence-electron chi connectivity index (χ4n) is 9.78. The molecule has 0 bridgehead atoms. The third kappa shape index (κ3) is 5.27. The Bertz CT molecular complexity index is 3830. The molecule has 0 unspecified atom stereocenters. The van der Waals surface area contributed by atoms with E-state index in [1.165, 1.54) is 21.8 Å². The molecule has 0 atom stereocenters. The summed E-state index contributed by atoms with van der Waals surface area (Å²) in [5, 5.41) is 9.20. The zero-order chi connectivity index (χ0) is 40.7. The quantitative estimate of drug-likeness (QED) is 0.168. The molecular weight excluding hydrogens is 757 g/mol. The van der Waals surface area contributed by atoms with E-state index in [4.69, 9.17) is 8.83 Å². The van der Waals surface area contributed by atoms with E-state index in [0.717, 1.165) is 99.7 Å². The van der Waals surface area contributed by atoms with Gasteiger partial charge in [0.2, 0.25) is 0 Å². The van der Waals surface area contributed by atoms with E-state index in [9.17, 15) is 0 Å². The van der Waals surface area contributed by atoms with Gasteiger partial charge in [-0.1, -0.05) is 140 Å². The second-order valence-corrected chi connectivity index (χ2v) is 16.0. The van der Waals surface area contributed by atoms with Gasteiger partial charge in [-0.15, -0.1) is 0 Å². The van der Waals surface area contributed by atoms with Gasteiger partial charge in [0.15, 0.2) is 0 Å². The molecule has 13 aromatic rings. The lowest BCUT2D eigenvalue weighted by molar-refractivity contribution is 0.669. The van der Waals surface area contributed by atoms with Gasteiger partial charge in [-0.3, -0.25) is 0 Å². The number of hydrogen-bond donors (Lipinski definition) is 0. The number of hydrogen-bond acceptors (Lipinski definition) is 3. The van der Waals surface area contributed by atoms with Gasteiger partial charge in [-0.2, -0.15) is 0 Å². The summed E-state index contributed by atoms with van der Waals surface area (Å²) in [6.07, 6.45) is 0. The van der Waals surface area contributed by atoms with Crippen LogP contribution in [0.5, 0.6) is 0 Å². The number of nitrogens with zero attached hydrogens (tertiary/aromatic N) is 2. The molecule has 3 heterocycles. The van der Waals surface area contributed by atoms with Crippen molar-refractivity contribution < 1.29 is 8.83 Å². The first-order valence-electron chi connectivity index (χ1n) is 21.1. The topological polar surface area (TPSA) is 34.5 Å². The Hall–Kier alpha value is -8.34. The van der Waals surface area contributed by atoms with Crippen molar-refractivity contribution in [3.05, 3.63) is 218 Å². The Kier molecular flexibility index (Phi) is 7.57. The second kappa shape index (κ2) is 13.6. The van der Waals surface area contributed by atoms with Crippen molar-refractivity contribution in [3.63, 3.8) is 0 Å². The van der Waals surface area contributed by atoms with Crippen molar-refractivity contribution in [1.82, 2.24) is 4.57 Å². The molecule has 0 radical (unpaired) electrons. The van der Waals surface area contributed by atoms with Crippen LogP contribution in [-0.2, 0) is 0 Å². The number of fused-ring (bicyclic) bond motifs is 11. The number of anilines is 3. The van der Waals surface area contributed by atoms with Crippen molar-refractivity contribution in [2.75, 3.05) is 4.90 Å². The zero-order valence-corrected chi connectivity index (χ0v) is 33.5. The van der Waals surface area contributed by atoms with Crippen LogP contribution >= 0.6 is 0 Å². The van der Waals surface area contributed by atoms with Crippen molar-refractivity contribution in [2.45, 2.75) is 0 Å². The molecule has 0 amide bonds. The van der Waals surface area contributed by atoms with Crippen LogP contribution in [0.15, 0.2) is 227 Å². The van der Waals surface area contributed by atoms with E-state index in [2.05, 4.69) is 216 Å². The highest BCUT2D eigenvalue weighted by Gasteiger charge is 2.22. The summed E-state index contributed by atoms with van der Waals surface area (Å²) in [6, 6.07) is 78.0. The summed E-state index contributed by atoms with van der Waals surface area (Å²) in [7, 11) is 0. The van der Waals surface area contributed by atoms with Crippen LogP contribution < -0.4 is 4.90 Å². The summed E-state index contributed by atoms with van der Waals surface area (Å²) in [6.45, 7) is 0. The highest BCUT2D eigenvalue weighted by Crippen LogP contribution is 2.47. The number of furan rings is 2. The first kappa shape index (κ1) is 34.5. The maximum atomic E-state index is 6.68. The largest absolute Gasteiger partial charge is 0.456 e. The predicted octanol–water partition coefficient (Wildman–Crippen LogP) is 16.5. The van der Waals surface area contributed by atoms with Gasteiger partial charge in [0.05, 0.1) is 16.7 Å². The molecule has 4 nitrogen and oxygen atoms in total. The van der Waals surface area contributed by atoms with Crippen LogP contribution in [0.4, 0.5) is 17.1 Å². The van der Waals surface area contributed by atoms with E-state index in [1.807, 2.05) is 12.1 Å². The molecule has 3 aromatic heterocycles. The van der Waals surface area contributed by atoms with E-state index in [-0.39, 0.29) is 0 Å². The molecular formula is C58H36N2O2. The molecule has 0 aliphatic carbocycles. The molecule has 0 aliphatic rings. The van der Waals surface area contributed by atoms with Gasteiger partial charge in [-0.05, 0) is 94.9 Å².